The molecule has 0 spiro atoms. The molecule has 0 radical (unpaired) electrons. The number of aliphatic carboxylic acids is 1. The van der Waals surface area contributed by atoms with Crippen molar-refractivity contribution in [1.82, 2.24) is 15.2 Å². The molecule has 2 aliphatic heterocycles. The lowest BCUT2D eigenvalue weighted by Gasteiger charge is -2.41. The number of benzene rings is 1. The van der Waals surface area contributed by atoms with Gasteiger partial charge in [-0.05, 0) is 25.0 Å². The highest BCUT2D eigenvalue weighted by molar-refractivity contribution is 7.11. The molecule has 198 valence electrons. The number of hydrogen-bond donors (Lipinski definition) is 2. The van der Waals surface area contributed by atoms with Crippen molar-refractivity contribution in [3.05, 3.63) is 61.7 Å². The fourth-order valence-electron chi connectivity index (χ4n) is 4.54. The molecule has 8 nitrogen and oxygen atoms in total. The van der Waals surface area contributed by atoms with Gasteiger partial charge in [-0.3, -0.25) is 14.7 Å². The molecule has 13 heteroatoms. The van der Waals surface area contributed by atoms with Crippen molar-refractivity contribution in [3.63, 3.8) is 0 Å². The summed E-state index contributed by atoms with van der Waals surface area (Å²) in [6.45, 7) is -0.663. The number of esters is 1. The van der Waals surface area contributed by atoms with Crippen molar-refractivity contribution in [2.24, 2.45) is 4.99 Å². The lowest BCUT2D eigenvalue weighted by atomic mass is 9.92. The number of likely N-dealkylation sites (tertiary alicyclic amines) is 1. The third-order valence-electron chi connectivity index (χ3n) is 6.27. The lowest BCUT2D eigenvalue weighted by molar-refractivity contribution is -0.138. The third-order valence-corrected chi connectivity index (χ3v) is 7.61. The third kappa shape index (κ3) is 6.46. The largest absolute Gasteiger partial charge is 0.481 e. The minimum Gasteiger partial charge on any atom is -0.481 e. The second-order valence-corrected chi connectivity index (χ2v) is 10.5. The average molecular weight is 573 g/mol. The number of nitrogens with one attached hydrogen (secondary N) is 1. The highest BCUT2D eigenvalue weighted by Crippen LogP contribution is 2.39. The molecule has 0 saturated carbocycles. The number of nitrogens with zero attached hydrogens (tertiary/aromatic N) is 3. The maximum Gasteiger partial charge on any atom is 0.338 e. The van der Waals surface area contributed by atoms with E-state index in [0.29, 0.717) is 27.1 Å². The number of alkyl halides is 2. The summed E-state index contributed by atoms with van der Waals surface area (Å²) in [5.41, 5.74) is 0.893. The van der Waals surface area contributed by atoms with Gasteiger partial charge in [0.1, 0.15) is 6.04 Å². The standard InChI is InChI=1S/C24H24Cl2F2N4O4S/c1-36-23(35)19-17(11-32-12-24(27,28)7-6-14(32)3-5-18(33)34)30-21(22-29-8-9-37-22)31-20(19)15-4-2-13(25)10-16(15)26/h2,4,8-10,14,20H,3,5-7,11-12H2,1H3,(H,30,31)(H,33,34)/t14-,20-/m0/s1. The molecular weight excluding hydrogens is 549 g/mol. The summed E-state index contributed by atoms with van der Waals surface area (Å²) in [6, 6.07) is 3.46. The van der Waals surface area contributed by atoms with Gasteiger partial charge in [0, 0.05) is 58.3 Å². The molecule has 0 bridgehead atoms. The number of aromatic nitrogens is 1. The molecule has 0 aliphatic carbocycles. The van der Waals surface area contributed by atoms with E-state index in [1.807, 2.05) is 0 Å². The lowest BCUT2D eigenvalue weighted by Crippen LogP contribution is -2.51. The first-order valence-corrected chi connectivity index (χ1v) is 13.1. The van der Waals surface area contributed by atoms with E-state index >= 15 is 0 Å². The van der Waals surface area contributed by atoms with Gasteiger partial charge in [-0.1, -0.05) is 29.3 Å². The number of methoxy groups -OCH3 is 1. The van der Waals surface area contributed by atoms with Crippen molar-refractivity contribution in [2.75, 3.05) is 20.2 Å². The number of carbonyl (C=O) groups excluding carboxylic acids is 1. The summed E-state index contributed by atoms with van der Waals surface area (Å²) in [5.74, 6) is -4.31. The van der Waals surface area contributed by atoms with Crippen molar-refractivity contribution < 1.29 is 28.2 Å². The van der Waals surface area contributed by atoms with Gasteiger partial charge in [0.25, 0.3) is 5.92 Å². The number of hydrogen-bond acceptors (Lipinski definition) is 8. The molecule has 1 saturated heterocycles. The Labute approximate surface area is 225 Å². The van der Waals surface area contributed by atoms with Crippen LogP contribution in [0.4, 0.5) is 8.78 Å². The molecule has 1 fully saturated rings. The summed E-state index contributed by atoms with van der Waals surface area (Å²) in [4.78, 5) is 34.8. The Morgan fingerprint density at radius 3 is 2.78 bits per heavy atom. The molecule has 2 aromatic rings. The Morgan fingerprint density at radius 2 is 2.14 bits per heavy atom. The molecule has 37 heavy (non-hydrogen) atoms. The predicted octanol–water partition coefficient (Wildman–Crippen LogP) is 4.93. The number of piperidine rings is 1. The fourth-order valence-corrected chi connectivity index (χ4v) is 5.64. The molecule has 3 heterocycles. The monoisotopic (exact) mass is 572 g/mol. The topological polar surface area (TPSA) is 104 Å². The van der Waals surface area contributed by atoms with Gasteiger partial charge in [-0.15, -0.1) is 11.3 Å². The number of amidine groups is 1. The number of rotatable bonds is 8. The molecule has 2 N–H and O–H groups in total. The summed E-state index contributed by atoms with van der Waals surface area (Å²) in [7, 11) is 1.22. The highest BCUT2D eigenvalue weighted by Gasteiger charge is 2.42. The van der Waals surface area contributed by atoms with Gasteiger partial charge < -0.3 is 15.2 Å². The highest BCUT2D eigenvalue weighted by atomic mass is 35.5. The van der Waals surface area contributed by atoms with Gasteiger partial charge in [0.2, 0.25) is 0 Å². The van der Waals surface area contributed by atoms with Gasteiger partial charge in [0.05, 0.1) is 19.2 Å². The molecule has 2 aliphatic rings. The van der Waals surface area contributed by atoms with E-state index < -0.39 is 36.5 Å². The first kappa shape index (κ1) is 27.4. The first-order chi connectivity index (χ1) is 17.6. The Hall–Kier alpha value is -2.60. The van der Waals surface area contributed by atoms with Crippen LogP contribution >= 0.6 is 34.5 Å². The summed E-state index contributed by atoms with van der Waals surface area (Å²) >= 11 is 13.9. The minimum atomic E-state index is -2.95. The molecule has 0 amide bonds. The van der Waals surface area contributed by atoms with E-state index in [1.54, 1.807) is 23.7 Å². The van der Waals surface area contributed by atoms with Gasteiger partial charge in [-0.25, -0.2) is 18.6 Å². The Kier molecular flexibility index (Phi) is 8.47. The van der Waals surface area contributed by atoms with E-state index in [0.717, 1.165) is 0 Å². The van der Waals surface area contributed by atoms with E-state index in [1.165, 1.54) is 29.4 Å². The maximum atomic E-state index is 14.5. The van der Waals surface area contributed by atoms with Crippen LogP contribution in [-0.2, 0) is 14.3 Å². The minimum absolute atomic E-state index is 0.0869. The van der Waals surface area contributed by atoms with Crippen LogP contribution in [0.3, 0.4) is 0 Å². The molecule has 1 aromatic heterocycles. The zero-order valence-electron chi connectivity index (χ0n) is 19.7. The van der Waals surface area contributed by atoms with Crippen LogP contribution in [0.1, 0.15) is 42.3 Å². The molecular formula is C24H24Cl2F2N4O4S. The van der Waals surface area contributed by atoms with Crippen LogP contribution in [0.2, 0.25) is 10.0 Å². The van der Waals surface area contributed by atoms with Gasteiger partial charge >= 0.3 is 11.9 Å². The maximum absolute atomic E-state index is 14.5. The molecule has 4 rings (SSSR count). The van der Waals surface area contributed by atoms with E-state index in [4.69, 9.17) is 38.0 Å². The zero-order chi connectivity index (χ0) is 26.7. The Bertz CT molecular complexity index is 1240. The number of carboxylic acid groups (broad SMARTS) is 1. The van der Waals surface area contributed by atoms with Crippen LogP contribution in [0.5, 0.6) is 0 Å². The number of halogens is 4. The van der Waals surface area contributed by atoms with E-state index in [9.17, 15) is 18.4 Å². The van der Waals surface area contributed by atoms with Crippen LogP contribution in [0, 0.1) is 0 Å². The number of carboxylic acids is 1. The quantitative estimate of drug-likeness (QED) is 0.432. The smallest absolute Gasteiger partial charge is 0.338 e. The number of aliphatic imine (C=N–C) groups is 1. The van der Waals surface area contributed by atoms with Crippen LogP contribution in [0.25, 0.3) is 0 Å². The van der Waals surface area contributed by atoms with Crippen molar-refractivity contribution in [2.45, 2.75) is 43.7 Å². The van der Waals surface area contributed by atoms with Gasteiger partial charge in [-0.2, -0.15) is 0 Å². The Morgan fingerprint density at radius 1 is 1.35 bits per heavy atom. The van der Waals surface area contributed by atoms with Crippen molar-refractivity contribution in [1.29, 1.82) is 0 Å². The van der Waals surface area contributed by atoms with Crippen molar-refractivity contribution in [3.8, 4) is 0 Å². The van der Waals surface area contributed by atoms with Crippen LogP contribution in [-0.4, -0.2) is 64.9 Å². The fraction of sp³-hybridized carbons (Fsp3) is 0.417. The number of ether oxygens (including phenoxy) is 1. The number of carbonyl (C=O) groups is 2. The van der Waals surface area contributed by atoms with E-state index in [-0.39, 0.29) is 42.8 Å². The van der Waals surface area contributed by atoms with Gasteiger partial charge in [0.15, 0.2) is 10.8 Å². The summed E-state index contributed by atoms with van der Waals surface area (Å²) in [5, 5.41) is 15.2. The van der Waals surface area contributed by atoms with E-state index in [2.05, 4.69) is 10.3 Å². The average Bonchev–Trinajstić information content (AvgIpc) is 3.37. The zero-order valence-corrected chi connectivity index (χ0v) is 22.0. The SMILES string of the molecule is COC(=O)C1=C(CN2CC(F)(F)CC[C@@H]2CCC(=O)O)NC(c2nccs2)=N[C@H]1c1ccc(Cl)cc1Cl. The Balaban J connectivity index is 1.79. The second-order valence-electron chi connectivity index (χ2n) is 8.78. The normalized spacial score (nSPS) is 21.8. The van der Waals surface area contributed by atoms with Crippen molar-refractivity contribution >= 4 is 52.3 Å². The molecule has 0 unspecified atom stereocenters. The van der Waals surface area contributed by atoms with Crippen LogP contribution in [0.15, 0.2) is 46.0 Å². The number of thiazole rings is 1. The molecule has 2 atom stereocenters. The van der Waals surface area contributed by atoms with Crippen LogP contribution < -0.4 is 5.32 Å². The second kappa shape index (κ2) is 11.4. The summed E-state index contributed by atoms with van der Waals surface area (Å²) in [6.07, 6.45) is 1.44. The predicted molar refractivity (Wildman–Crippen MR) is 136 cm³/mol. The first-order valence-electron chi connectivity index (χ1n) is 11.4. The molecule has 1 aromatic carbocycles. The summed E-state index contributed by atoms with van der Waals surface area (Å²) < 4.78 is 34.0.